The molecule has 1 nitrogen and oxygen atoms in total. The normalized spacial score (nSPS) is 48.0. The highest BCUT2D eigenvalue weighted by Crippen LogP contribution is 2.68. The Labute approximate surface area is 188 Å². The van der Waals surface area contributed by atoms with E-state index < -0.39 is 0 Å². The standard InChI is InChI=1S/C29H52O/c1-7-21(19(2)3)9-8-20(4)25-12-13-26-24-11-10-22-18-23(30)14-16-28(22,5)27(24)15-17-29(25,26)6/h19-27,30H,7-18H2,1-6H3/t20-,21-,22+,23-,24+,25-,26+,27+,28+,29-/m1/s1. The van der Waals surface area contributed by atoms with Crippen molar-refractivity contribution in [2.75, 3.05) is 0 Å². The summed E-state index contributed by atoms with van der Waals surface area (Å²) in [5.41, 5.74) is 1.14. The van der Waals surface area contributed by atoms with Crippen LogP contribution in [0.15, 0.2) is 0 Å². The van der Waals surface area contributed by atoms with Gasteiger partial charge in [-0.05, 0) is 122 Å². The fraction of sp³-hybridized carbons (Fsp3) is 1.00. The topological polar surface area (TPSA) is 20.2 Å². The first-order valence-corrected chi connectivity index (χ1v) is 13.9. The van der Waals surface area contributed by atoms with Gasteiger partial charge >= 0.3 is 0 Å². The second kappa shape index (κ2) is 8.72. The Morgan fingerprint density at radius 2 is 1.53 bits per heavy atom. The molecule has 1 N–H and O–H groups in total. The van der Waals surface area contributed by atoms with Gasteiger partial charge in [-0.25, -0.2) is 0 Å². The molecule has 0 unspecified atom stereocenters. The van der Waals surface area contributed by atoms with E-state index in [0.717, 1.165) is 60.2 Å². The first-order valence-electron chi connectivity index (χ1n) is 13.9. The van der Waals surface area contributed by atoms with Crippen molar-refractivity contribution >= 4 is 0 Å². The minimum Gasteiger partial charge on any atom is -0.393 e. The molecule has 4 fully saturated rings. The third kappa shape index (κ3) is 3.82. The van der Waals surface area contributed by atoms with Gasteiger partial charge in [-0.3, -0.25) is 0 Å². The first kappa shape index (κ1) is 23.1. The van der Waals surface area contributed by atoms with E-state index in [1.165, 1.54) is 64.2 Å². The maximum Gasteiger partial charge on any atom is 0.0543 e. The SMILES string of the molecule is CC[C@H](CC[C@@H](C)[C@H]1CC[C@H]2[C@@H]3CC[C@H]4C[C@H](O)CC[C@]4(C)[C@H]3CC[C@]12C)C(C)C. The molecule has 0 amide bonds. The molecule has 30 heavy (non-hydrogen) atoms. The number of aliphatic hydroxyl groups is 1. The maximum atomic E-state index is 10.3. The molecule has 4 rings (SSSR count). The molecule has 0 aromatic heterocycles. The van der Waals surface area contributed by atoms with Crippen molar-refractivity contribution in [2.45, 2.75) is 125 Å². The summed E-state index contributed by atoms with van der Waals surface area (Å²) in [5, 5.41) is 10.3. The Bertz CT molecular complexity index is 583. The van der Waals surface area contributed by atoms with Crippen molar-refractivity contribution in [3.63, 3.8) is 0 Å². The van der Waals surface area contributed by atoms with Crippen molar-refractivity contribution < 1.29 is 5.11 Å². The van der Waals surface area contributed by atoms with Crippen LogP contribution in [0.25, 0.3) is 0 Å². The number of hydrogen-bond donors (Lipinski definition) is 1. The lowest BCUT2D eigenvalue weighted by Gasteiger charge is -2.61. The van der Waals surface area contributed by atoms with E-state index >= 15 is 0 Å². The smallest absolute Gasteiger partial charge is 0.0543 e. The molecule has 0 heterocycles. The van der Waals surface area contributed by atoms with E-state index in [9.17, 15) is 5.11 Å². The van der Waals surface area contributed by atoms with E-state index in [2.05, 4.69) is 41.5 Å². The van der Waals surface area contributed by atoms with Crippen LogP contribution in [0, 0.1) is 58.2 Å². The number of aliphatic hydroxyl groups excluding tert-OH is 1. The third-order valence-corrected chi connectivity index (χ3v) is 11.9. The minimum absolute atomic E-state index is 0.0111. The summed E-state index contributed by atoms with van der Waals surface area (Å²) in [5.74, 6) is 7.34. The summed E-state index contributed by atoms with van der Waals surface area (Å²) in [6.07, 6.45) is 16.5. The number of fused-ring (bicyclic) bond motifs is 5. The molecule has 0 aromatic carbocycles. The minimum atomic E-state index is -0.0111. The third-order valence-electron chi connectivity index (χ3n) is 11.9. The average Bonchev–Trinajstić information content (AvgIpc) is 3.06. The summed E-state index contributed by atoms with van der Waals surface area (Å²) in [4.78, 5) is 0. The Balaban J connectivity index is 1.45. The highest BCUT2D eigenvalue weighted by Gasteiger charge is 2.60. The Kier molecular flexibility index (Phi) is 6.72. The van der Waals surface area contributed by atoms with Gasteiger partial charge in [0.25, 0.3) is 0 Å². The van der Waals surface area contributed by atoms with Crippen molar-refractivity contribution in [1.29, 1.82) is 0 Å². The summed E-state index contributed by atoms with van der Waals surface area (Å²) in [6.45, 7) is 15.2. The van der Waals surface area contributed by atoms with Gasteiger partial charge in [-0.15, -0.1) is 0 Å². The molecule has 0 radical (unpaired) electrons. The maximum absolute atomic E-state index is 10.3. The number of rotatable bonds is 6. The molecule has 0 bridgehead atoms. The molecule has 10 atom stereocenters. The van der Waals surface area contributed by atoms with E-state index in [1.807, 2.05) is 0 Å². The fourth-order valence-corrected chi connectivity index (χ4v) is 9.90. The average molecular weight is 417 g/mol. The largest absolute Gasteiger partial charge is 0.393 e. The molecule has 174 valence electrons. The van der Waals surface area contributed by atoms with Gasteiger partial charge in [0.1, 0.15) is 0 Å². The van der Waals surface area contributed by atoms with Crippen molar-refractivity contribution in [1.82, 2.24) is 0 Å². The highest BCUT2D eigenvalue weighted by atomic mass is 16.3. The molecule has 0 aromatic rings. The van der Waals surface area contributed by atoms with Gasteiger partial charge in [-0.1, -0.05) is 54.4 Å². The van der Waals surface area contributed by atoms with Crippen LogP contribution < -0.4 is 0 Å². The molecule has 4 saturated carbocycles. The summed E-state index contributed by atoms with van der Waals surface area (Å²) < 4.78 is 0. The van der Waals surface area contributed by atoms with Gasteiger partial charge in [-0.2, -0.15) is 0 Å². The predicted molar refractivity (Wildman–Crippen MR) is 128 cm³/mol. The predicted octanol–water partition coefficient (Wildman–Crippen LogP) is 8.10. The molecular formula is C29H52O. The molecular weight excluding hydrogens is 364 g/mol. The highest BCUT2D eigenvalue weighted by molar-refractivity contribution is 5.09. The van der Waals surface area contributed by atoms with E-state index in [0.29, 0.717) is 10.8 Å². The van der Waals surface area contributed by atoms with Crippen molar-refractivity contribution in [2.24, 2.45) is 58.2 Å². The van der Waals surface area contributed by atoms with Crippen molar-refractivity contribution in [3.8, 4) is 0 Å². The summed E-state index contributed by atoms with van der Waals surface area (Å²) in [6, 6.07) is 0. The lowest BCUT2D eigenvalue weighted by Crippen LogP contribution is -2.54. The van der Waals surface area contributed by atoms with Crippen molar-refractivity contribution in [3.05, 3.63) is 0 Å². The number of hydrogen-bond acceptors (Lipinski definition) is 1. The second-order valence-electron chi connectivity index (χ2n) is 13.3. The second-order valence-corrected chi connectivity index (χ2v) is 13.3. The first-order chi connectivity index (χ1) is 14.2. The van der Waals surface area contributed by atoms with Crippen LogP contribution in [-0.4, -0.2) is 11.2 Å². The van der Waals surface area contributed by atoms with Crippen LogP contribution in [0.5, 0.6) is 0 Å². The molecule has 4 aliphatic carbocycles. The van der Waals surface area contributed by atoms with Gasteiger partial charge in [0.2, 0.25) is 0 Å². The Morgan fingerprint density at radius 1 is 0.833 bits per heavy atom. The fourth-order valence-electron chi connectivity index (χ4n) is 9.90. The van der Waals surface area contributed by atoms with Crippen LogP contribution >= 0.6 is 0 Å². The van der Waals surface area contributed by atoms with Gasteiger partial charge < -0.3 is 5.11 Å². The zero-order chi connectivity index (χ0) is 21.7. The van der Waals surface area contributed by atoms with Crippen LogP contribution in [0.4, 0.5) is 0 Å². The lowest BCUT2D eigenvalue weighted by atomic mass is 9.44. The van der Waals surface area contributed by atoms with Crippen LogP contribution in [0.3, 0.4) is 0 Å². The Hall–Kier alpha value is -0.0400. The van der Waals surface area contributed by atoms with Gasteiger partial charge in [0.15, 0.2) is 0 Å². The van der Waals surface area contributed by atoms with Crippen LogP contribution in [0.2, 0.25) is 0 Å². The van der Waals surface area contributed by atoms with E-state index in [-0.39, 0.29) is 6.10 Å². The van der Waals surface area contributed by atoms with Crippen LogP contribution in [0.1, 0.15) is 119 Å². The lowest BCUT2D eigenvalue weighted by molar-refractivity contribution is -0.129. The quantitative estimate of drug-likeness (QED) is 0.463. The molecule has 0 saturated heterocycles. The van der Waals surface area contributed by atoms with Gasteiger partial charge in [0.05, 0.1) is 6.10 Å². The monoisotopic (exact) mass is 416 g/mol. The molecule has 0 aliphatic heterocycles. The van der Waals surface area contributed by atoms with E-state index in [1.54, 1.807) is 0 Å². The summed E-state index contributed by atoms with van der Waals surface area (Å²) in [7, 11) is 0. The van der Waals surface area contributed by atoms with Crippen LogP contribution in [-0.2, 0) is 0 Å². The molecule has 1 heteroatoms. The molecule has 0 spiro atoms. The van der Waals surface area contributed by atoms with E-state index in [4.69, 9.17) is 0 Å². The zero-order valence-corrected chi connectivity index (χ0v) is 21.1. The summed E-state index contributed by atoms with van der Waals surface area (Å²) >= 11 is 0. The molecule has 4 aliphatic rings. The zero-order valence-electron chi connectivity index (χ0n) is 21.1. The Morgan fingerprint density at radius 3 is 2.23 bits per heavy atom. The van der Waals surface area contributed by atoms with Gasteiger partial charge in [0, 0.05) is 0 Å².